The van der Waals surface area contributed by atoms with Crippen LogP contribution in [0.4, 0.5) is 4.39 Å². The van der Waals surface area contributed by atoms with Gasteiger partial charge in [-0.2, -0.15) is 0 Å². The van der Waals surface area contributed by atoms with Crippen molar-refractivity contribution in [3.63, 3.8) is 0 Å². The summed E-state index contributed by atoms with van der Waals surface area (Å²) in [5.74, 6) is 0.215. The zero-order valence-electron chi connectivity index (χ0n) is 12.9. The minimum Gasteiger partial charge on any atom is -0.497 e. The summed E-state index contributed by atoms with van der Waals surface area (Å²) in [5.41, 5.74) is -0.768. The molecule has 21 heavy (non-hydrogen) atoms. The van der Waals surface area contributed by atoms with Crippen molar-refractivity contribution in [2.45, 2.75) is 45.1 Å². The van der Waals surface area contributed by atoms with Crippen LogP contribution in [0.5, 0.6) is 5.75 Å². The molecule has 0 amide bonds. The van der Waals surface area contributed by atoms with Gasteiger partial charge in [-0.3, -0.25) is 4.79 Å². The maximum absolute atomic E-state index is 14.2. The molecule has 0 spiro atoms. The van der Waals surface area contributed by atoms with Crippen molar-refractivity contribution in [3.8, 4) is 5.75 Å². The maximum Gasteiger partial charge on any atom is 0.197 e. The van der Waals surface area contributed by atoms with Gasteiger partial charge >= 0.3 is 0 Å². The smallest absolute Gasteiger partial charge is 0.197 e. The number of halogens is 1. The van der Waals surface area contributed by atoms with Crippen molar-refractivity contribution in [1.82, 2.24) is 0 Å². The number of carbonyl (C=O) groups excluding carboxylic acids is 1. The number of ether oxygens (including phenoxy) is 2. The largest absolute Gasteiger partial charge is 0.497 e. The zero-order valence-corrected chi connectivity index (χ0v) is 12.9. The first-order valence-corrected chi connectivity index (χ1v) is 7.54. The summed E-state index contributed by atoms with van der Waals surface area (Å²) in [5, 5.41) is 0. The molecule has 1 aliphatic carbocycles. The van der Waals surface area contributed by atoms with Crippen LogP contribution >= 0.6 is 0 Å². The molecule has 0 heterocycles. The molecule has 3 nitrogen and oxygen atoms in total. The van der Waals surface area contributed by atoms with Crippen molar-refractivity contribution in [2.75, 3.05) is 13.7 Å². The van der Waals surface area contributed by atoms with Crippen LogP contribution in [0.3, 0.4) is 0 Å². The van der Waals surface area contributed by atoms with E-state index in [0.29, 0.717) is 31.1 Å². The minimum atomic E-state index is -0.864. The molecule has 0 aliphatic heterocycles. The van der Waals surface area contributed by atoms with Crippen molar-refractivity contribution in [3.05, 3.63) is 29.6 Å². The third-order valence-corrected chi connectivity index (χ3v) is 4.34. The molecule has 116 valence electrons. The molecule has 0 N–H and O–H groups in total. The van der Waals surface area contributed by atoms with Gasteiger partial charge in [-0.05, 0) is 50.7 Å². The van der Waals surface area contributed by atoms with Gasteiger partial charge < -0.3 is 9.47 Å². The lowest BCUT2D eigenvalue weighted by atomic mass is 9.75. The Balaban J connectivity index is 2.30. The Kier molecular flexibility index (Phi) is 4.99. The summed E-state index contributed by atoms with van der Waals surface area (Å²) >= 11 is 0. The van der Waals surface area contributed by atoms with Gasteiger partial charge in [0, 0.05) is 12.7 Å². The van der Waals surface area contributed by atoms with Crippen LogP contribution in [0, 0.1) is 11.7 Å². The van der Waals surface area contributed by atoms with E-state index in [1.165, 1.54) is 19.2 Å². The lowest BCUT2D eigenvalue weighted by Crippen LogP contribution is -2.45. The Labute approximate surface area is 125 Å². The lowest BCUT2D eigenvalue weighted by Gasteiger charge is -2.37. The molecule has 0 unspecified atom stereocenters. The second-order valence-electron chi connectivity index (χ2n) is 5.78. The van der Waals surface area contributed by atoms with Crippen molar-refractivity contribution >= 4 is 5.78 Å². The fourth-order valence-corrected chi connectivity index (χ4v) is 2.99. The molecule has 1 aliphatic rings. The van der Waals surface area contributed by atoms with E-state index >= 15 is 0 Å². The van der Waals surface area contributed by atoms with E-state index in [1.807, 2.05) is 6.92 Å². The molecule has 1 fully saturated rings. The second kappa shape index (κ2) is 6.56. The Morgan fingerprint density at radius 2 is 2.05 bits per heavy atom. The molecule has 0 atom stereocenters. The Hall–Kier alpha value is -1.42. The molecule has 1 aromatic carbocycles. The molecule has 0 bridgehead atoms. The van der Waals surface area contributed by atoms with E-state index in [-0.39, 0.29) is 11.3 Å². The van der Waals surface area contributed by atoms with E-state index < -0.39 is 11.4 Å². The predicted molar refractivity (Wildman–Crippen MR) is 79.3 cm³/mol. The first-order valence-electron chi connectivity index (χ1n) is 7.54. The fourth-order valence-electron chi connectivity index (χ4n) is 2.99. The number of ketones is 1. The molecule has 1 saturated carbocycles. The van der Waals surface area contributed by atoms with Crippen molar-refractivity contribution in [2.24, 2.45) is 5.92 Å². The van der Waals surface area contributed by atoms with Gasteiger partial charge in [-0.15, -0.1) is 0 Å². The second-order valence-corrected chi connectivity index (χ2v) is 5.78. The number of rotatable bonds is 5. The Bertz CT molecular complexity index is 505. The summed E-state index contributed by atoms with van der Waals surface area (Å²) in [6.07, 6.45) is 3.19. The fraction of sp³-hybridized carbons (Fsp3) is 0.588. The van der Waals surface area contributed by atoms with E-state index in [9.17, 15) is 9.18 Å². The quantitative estimate of drug-likeness (QED) is 0.770. The Morgan fingerprint density at radius 3 is 2.57 bits per heavy atom. The van der Waals surface area contributed by atoms with Gasteiger partial charge in [0.25, 0.3) is 0 Å². The zero-order chi connectivity index (χ0) is 15.5. The predicted octanol–water partition coefficient (Wildman–Crippen LogP) is 4.00. The molecule has 0 saturated heterocycles. The summed E-state index contributed by atoms with van der Waals surface area (Å²) in [6.45, 7) is 4.50. The summed E-state index contributed by atoms with van der Waals surface area (Å²) in [6, 6.07) is 4.36. The van der Waals surface area contributed by atoms with Crippen LogP contribution in [0.1, 0.15) is 49.9 Å². The van der Waals surface area contributed by atoms with E-state index in [4.69, 9.17) is 9.47 Å². The Morgan fingerprint density at radius 1 is 1.38 bits per heavy atom. The highest BCUT2D eigenvalue weighted by molar-refractivity contribution is 6.03. The monoisotopic (exact) mass is 294 g/mol. The topological polar surface area (TPSA) is 35.5 Å². The van der Waals surface area contributed by atoms with Gasteiger partial charge in [0.1, 0.15) is 17.2 Å². The third kappa shape index (κ3) is 3.26. The van der Waals surface area contributed by atoms with E-state index in [2.05, 4.69) is 6.92 Å². The third-order valence-electron chi connectivity index (χ3n) is 4.34. The summed E-state index contributed by atoms with van der Waals surface area (Å²) in [4.78, 5) is 12.8. The van der Waals surface area contributed by atoms with Gasteiger partial charge in [-0.25, -0.2) is 4.39 Å². The average molecular weight is 294 g/mol. The number of carbonyl (C=O) groups is 1. The van der Waals surface area contributed by atoms with Crippen LogP contribution in [0.15, 0.2) is 18.2 Å². The van der Waals surface area contributed by atoms with Gasteiger partial charge in [0.05, 0.1) is 12.7 Å². The SMILES string of the molecule is CCOC1(C(=O)c2ccc(OC)cc2F)CCC(C)CC1. The number of benzene rings is 1. The summed E-state index contributed by atoms with van der Waals surface area (Å²) < 4.78 is 25.0. The summed E-state index contributed by atoms with van der Waals surface area (Å²) in [7, 11) is 1.47. The lowest BCUT2D eigenvalue weighted by molar-refractivity contribution is -0.0476. The van der Waals surface area contributed by atoms with Gasteiger partial charge in [-0.1, -0.05) is 6.92 Å². The van der Waals surface area contributed by atoms with Crippen LogP contribution in [-0.2, 0) is 4.74 Å². The van der Waals surface area contributed by atoms with Crippen molar-refractivity contribution < 1.29 is 18.7 Å². The highest BCUT2D eigenvalue weighted by Gasteiger charge is 2.43. The minimum absolute atomic E-state index is 0.0961. The molecule has 1 aromatic rings. The van der Waals surface area contributed by atoms with Gasteiger partial charge in [0.2, 0.25) is 0 Å². The van der Waals surface area contributed by atoms with E-state index in [1.54, 1.807) is 6.07 Å². The first-order chi connectivity index (χ1) is 10.0. The standard InChI is InChI=1S/C17H23FO3/c1-4-21-17(9-7-12(2)8-10-17)16(19)14-6-5-13(20-3)11-15(14)18/h5-6,11-12H,4,7-10H2,1-3H3. The molecule has 4 heteroatoms. The molecule has 0 radical (unpaired) electrons. The van der Waals surface area contributed by atoms with Crippen LogP contribution < -0.4 is 4.74 Å². The maximum atomic E-state index is 14.2. The molecule has 2 rings (SSSR count). The number of Topliss-reactive ketones (excluding diaryl/α,β-unsaturated/α-hetero) is 1. The number of hydrogen-bond donors (Lipinski definition) is 0. The van der Waals surface area contributed by atoms with Gasteiger partial charge in [0.15, 0.2) is 5.78 Å². The van der Waals surface area contributed by atoms with Crippen LogP contribution in [0.25, 0.3) is 0 Å². The highest BCUT2D eigenvalue weighted by Crippen LogP contribution is 2.38. The number of methoxy groups -OCH3 is 1. The van der Waals surface area contributed by atoms with Crippen LogP contribution in [0.2, 0.25) is 0 Å². The molecular weight excluding hydrogens is 271 g/mol. The normalized spacial score (nSPS) is 25.6. The molecular formula is C17H23FO3. The number of hydrogen-bond acceptors (Lipinski definition) is 3. The molecule has 0 aromatic heterocycles. The average Bonchev–Trinajstić information content (AvgIpc) is 2.49. The highest BCUT2D eigenvalue weighted by atomic mass is 19.1. The van der Waals surface area contributed by atoms with Crippen molar-refractivity contribution in [1.29, 1.82) is 0 Å². The van der Waals surface area contributed by atoms with E-state index in [0.717, 1.165) is 12.8 Å². The first kappa shape index (κ1) is 16.0. The van der Waals surface area contributed by atoms with Crippen LogP contribution in [-0.4, -0.2) is 25.1 Å².